The van der Waals surface area contributed by atoms with Gasteiger partial charge in [-0.25, -0.2) is 0 Å². The summed E-state index contributed by atoms with van der Waals surface area (Å²) in [5, 5.41) is 9.46. The highest BCUT2D eigenvalue weighted by atomic mass is 35.5. The topological polar surface area (TPSA) is 55.5 Å². The van der Waals surface area contributed by atoms with Gasteiger partial charge >= 0.3 is 0 Å². The predicted octanol–water partition coefficient (Wildman–Crippen LogP) is 0.295. The first-order chi connectivity index (χ1) is 4.54. The van der Waals surface area contributed by atoms with Gasteiger partial charge in [0.25, 0.3) is 0 Å². The van der Waals surface area contributed by atoms with Gasteiger partial charge in [0.05, 0.1) is 11.7 Å². The van der Waals surface area contributed by atoms with Gasteiger partial charge in [-0.15, -0.1) is 12.4 Å². The van der Waals surface area contributed by atoms with E-state index in [1.807, 2.05) is 13.8 Å². The van der Waals surface area contributed by atoms with Gasteiger partial charge in [0.15, 0.2) is 0 Å². The first kappa shape index (κ1) is 11.2. The molecule has 68 valence electrons. The van der Waals surface area contributed by atoms with E-state index >= 15 is 0 Å². The average molecular weight is 182 g/mol. The van der Waals surface area contributed by atoms with Crippen molar-refractivity contribution < 1.29 is 9.84 Å². The normalized spacial score (nSPS) is 36.0. The van der Waals surface area contributed by atoms with Crippen molar-refractivity contribution in [1.82, 2.24) is 0 Å². The van der Waals surface area contributed by atoms with Crippen LogP contribution >= 0.6 is 12.4 Å². The lowest BCUT2D eigenvalue weighted by Gasteiger charge is -2.38. The van der Waals surface area contributed by atoms with Gasteiger partial charge in [-0.05, 0) is 20.3 Å². The fourth-order valence-corrected chi connectivity index (χ4v) is 1.22. The quantitative estimate of drug-likeness (QED) is 0.565. The highest BCUT2D eigenvalue weighted by Crippen LogP contribution is 2.23. The zero-order valence-corrected chi connectivity index (χ0v) is 7.73. The third-order valence-electron chi connectivity index (χ3n) is 2.04. The third-order valence-corrected chi connectivity index (χ3v) is 2.04. The Morgan fingerprint density at radius 2 is 2.09 bits per heavy atom. The maximum Gasteiger partial charge on any atom is 0.0975 e. The second kappa shape index (κ2) is 3.72. The molecule has 3 nitrogen and oxygen atoms in total. The van der Waals surface area contributed by atoms with Crippen molar-refractivity contribution in [3.05, 3.63) is 0 Å². The van der Waals surface area contributed by atoms with Gasteiger partial charge in [0.2, 0.25) is 0 Å². The highest BCUT2D eigenvalue weighted by molar-refractivity contribution is 5.85. The summed E-state index contributed by atoms with van der Waals surface area (Å²) in [5.41, 5.74) is 5.16. The maximum atomic E-state index is 9.46. The molecule has 0 aromatic heterocycles. The van der Waals surface area contributed by atoms with Crippen LogP contribution in [0.5, 0.6) is 0 Å². The van der Waals surface area contributed by atoms with Crippen molar-refractivity contribution >= 4 is 12.4 Å². The minimum Gasteiger partial charge on any atom is -0.389 e. The Labute approximate surface area is 73.3 Å². The SMILES string of the molecule is CC1(C)OCCC(N)C1O.Cl. The van der Waals surface area contributed by atoms with E-state index < -0.39 is 11.7 Å². The molecule has 0 saturated carbocycles. The summed E-state index contributed by atoms with van der Waals surface area (Å²) in [7, 11) is 0. The maximum absolute atomic E-state index is 9.46. The smallest absolute Gasteiger partial charge is 0.0975 e. The van der Waals surface area contributed by atoms with E-state index in [-0.39, 0.29) is 18.4 Å². The Bertz CT molecular complexity index is 130. The second-order valence-electron chi connectivity index (χ2n) is 3.35. The molecule has 0 radical (unpaired) electrons. The van der Waals surface area contributed by atoms with E-state index in [9.17, 15) is 5.11 Å². The number of aliphatic hydroxyl groups is 1. The Kier molecular flexibility index (Phi) is 3.77. The third kappa shape index (κ3) is 2.30. The molecule has 0 bridgehead atoms. The summed E-state index contributed by atoms with van der Waals surface area (Å²) >= 11 is 0. The molecule has 0 aromatic rings. The lowest BCUT2D eigenvalue weighted by Crippen LogP contribution is -2.54. The fourth-order valence-electron chi connectivity index (χ4n) is 1.22. The van der Waals surface area contributed by atoms with Crippen molar-refractivity contribution in [3.63, 3.8) is 0 Å². The van der Waals surface area contributed by atoms with E-state index in [2.05, 4.69) is 0 Å². The van der Waals surface area contributed by atoms with Crippen molar-refractivity contribution in [2.24, 2.45) is 5.73 Å². The average Bonchev–Trinajstić information content (AvgIpc) is 1.83. The number of aliphatic hydroxyl groups excluding tert-OH is 1. The molecule has 1 aliphatic heterocycles. The van der Waals surface area contributed by atoms with Gasteiger partial charge in [-0.2, -0.15) is 0 Å². The molecular weight excluding hydrogens is 166 g/mol. The van der Waals surface area contributed by atoms with Crippen LogP contribution in [0, 0.1) is 0 Å². The van der Waals surface area contributed by atoms with Crippen LogP contribution in [0.1, 0.15) is 20.3 Å². The van der Waals surface area contributed by atoms with Crippen molar-refractivity contribution in [2.75, 3.05) is 6.61 Å². The molecule has 1 saturated heterocycles. The van der Waals surface area contributed by atoms with Gasteiger partial charge in [-0.3, -0.25) is 0 Å². The van der Waals surface area contributed by atoms with E-state index in [4.69, 9.17) is 10.5 Å². The molecule has 0 amide bonds. The van der Waals surface area contributed by atoms with E-state index in [1.54, 1.807) is 0 Å². The second-order valence-corrected chi connectivity index (χ2v) is 3.35. The van der Waals surface area contributed by atoms with E-state index in [0.29, 0.717) is 6.61 Å². The molecule has 3 N–H and O–H groups in total. The van der Waals surface area contributed by atoms with Crippen molar-refractivity contribution in [3.8, 4) is 0 Å². The molecule has 1 rings (SSSR count). The van der Waals surface area contributed by atoms with E-state index in [0.717, 1.165) is 6.42 Å². The van der Waals surface area contributed by atoms with Crippen LogP contribution in [0.4, 0.5) is 0 Å². The van der Waals surface area contributed by atoms with Gasteiger partial charge in [0.1, 0.15) is 0 Å². The first-order valence-electron chi connectivity index (χ1n) is 3.61. The van der Waals surface area contributed by atoms with Crippen LogP contribution in [-0.2, 0) is 4.74 Å². The van der Waals surface area contributed by atoms with Crippen LogP contribution in [-0.4, -0.2) is 29.5 Å². The summed E-state index contributed by atoms with van der Waals surface area (Å²) < 4.78 is 5.32. The Hall–Kier alpha value is 0.170. The molecule has 0 aliphatic carbocycles. The predicted molar refractivity (Wildman–Crippen MR) is 45.9 cm³/mol. The summed E-state index contributed by atoms with van der Waals surface area (Å²) in [5.74, 6) is 0. The number of nitrogens with two attached hydrogens (primary N) is 1. The number of halogens is 1. The minimum absolute atomic E-state index is 0. The number of hydrogen-bond acceptors (Lipinski definition) is 3. The lowest BCUT2D eigenvalue weighted by atomic mass is 9.91. The molecule has 1 heterocycles. The number of hydrogen-bond donors (Lipinski definition) is 2. The number of ether oxygens (including phenoxy) is 1. The highest BCUT2D eigenvalue weighted by Gasteiger charge is 2.36. The fraction of sp³-hybridized carbons (Fsp3) is 1.00. The first-order valence-corrected chi connectivity index (χ1v) is 3.61. The monoisotopic (exact) mass is 181 g/mol. The molecular formula is C7H16ClNO2. The van der Waals surface area contributed by atoms with Crippen LogP contribution < -0.4 is 5.73 Å². The Morgan fingerprint density at radius 3 is 2.45 bits per heavy atom. The summed E-state index contributed by atoms with van der Waals surface area (Å²) in [4.78, 5) is 0. The molecule has 0 aromatic carbocycles. The standard InChI is InChI=1S/C7H15NO2.ClH/c1-7(2)6(9)5(8)3-4-10-7;/h5-6,9H,3-4,8H2,1-2H3;1H. The molecule has 2 unspecified atom stereocenters. The Morgan fingerprint density at radius 1 is 1.55 bits per heavy atom. The lowest BCUT2D eigenvalue weighted by molar-refractivity contribution is -0.140. The Balaban J connectivity index is 0.000001000. The zero-order valence-electron chi connectivity index (χ0n) is 6.91. The zero-order chi connectivity index (χ0) is 7.78. The number of rotatable bonds is 0. The van der Waals surface area contributed by atoms with Gasteiger partial charge < -0.3 is 15.6 Å². The summed E-state index contributed by atoms with van der Waals surface area (Å²) in [6.45, 7) is 4.37. The molecule has 1 aliphatic rings. The van der Waals surface area contributed by atoms with Crippen LogP contribution in [0.25, 0.3) is 0 Å². The van der Waals surface area contributed by atoms with Gasteiger partial charge in [-0.1, -0.05) is 0 Å². The molecule has 2 atom stereocenters. The molecule has 4 heteroatoms. The summed E-state index contributed by atoms with van der Waals surface area (Å²) in [6.07, 6.45) is 0.228. The molecule has 0 spiro atoms. The van der Waals surface area contributed by atoms with Crippen molar-refractivity contribution in [1.29, 1.82) is 0 Å². The van der Waals surface area contributed by atoms with Crippen LogP contribution in [0.3, 0.4) is 0 Å². The molecule has 11 heavy (non-hydrogen) atoms. The molecule has 1 fully saturated rings. The van der Waals surface area contributed by atoms with Crippen molar-refractivity contribution in [2.45, 2.75) is 38.0 Å². The minimum atomic E-state index is -0.527. The summed E-state index contributed by atoms with van der Waals surface area (Å²) in [6, 6.07) is -0.122. The van der Waals surface area contributed by atoms with E-state index in [1.165, 1.54) is 0 Å². The van der Waals surface area contributed by atoms with Crippen LogP contribution in [0.2, 0.25) is 0 Å². The largest absolute Gasteiger partial charge is 0.389 e. The van der Waals surface area contributed by atoms with Gasteiger partial charge in [0, 0.05) is 12.6 Å². The van der Waals surface area contributed by atoms with Crippen LogP contribution in [0.15, 0.2) is 0 Å².